The first kappa shape index (κ1) is 19.0. The quantitative estimate of drug-likeness (QED) is 0.654. The van der Waals surface area contributed by atoms with Gasteiger partial charge in [-0.1, -0.05) is 30.2 Å². The molecule has 0 atom stereocenters. The van der Waals surface area contributed by atoms with E-state index in [1.165, 1.54) is 12.8 Å². The zero-order valence-electron chi connectivity index (χ0n) is 15.7. The molecule has 0 bridgehead atoms. The predicted molar refractivity (Wildman–Crippen MR) is 112 cm³/mol. The molecule has 2 N–H and O–H groups in total. The highest BCUT2D eigenvalue weighted by Gasteiger charge is 2.29. The number of hydrogen-bond acceptors (Lipinski definition) is 3. The Labute approximate surface area is 170 Å². The average Bonchev–Trinajstić information content (AvgIpc) is 3.51. The maximum atomic E-state index is 13.2. The van der Waals surface area contributed by atoms with Crippen molar-refractivity contribution in [2.45, 2.75) is 44.6 Å². The first-order valence-corrected chi connectivity index (χ1v) is 10.3. The van der Waals surface area contributed by atoms with Crippen LogP contribution in [0.3, 0.4) is 0 Å². The zero-order chi connectivity index (χ0) is 19.5. The molecule has 2 amide bonds. The van der Waals surface area contributed by atoms with Crippen molar-refractivity contribution in [1.29, 1.82) is 0 Å². The molecule has 1 heterocycles. The topological polar surface area (TPSA) is 61.4 Å². The minimum Gasteiger partial charge on any atom is -0.320 e. The van der Waals surface area contributed by atoms with Gasteiger partial charge in [-0.25, -0.2) is 0 Å². The lowest BCUT2D eigenvalue weighted by Crippen LogP contribution is -2.26. The lowest BCUT2D eigenvalue weighted by atomic mass is 10.1. The fraction of sp³-hybridized carbons (Fsp3) is 0.364. The van der Waals surface area contributed by atoms with Gasteiger partial charge in [-0.05, 0) is 62.6 Å². The molecule has 1 aliphatic heterocycles. The van der Waals surface area contributed by atoms with Crippen molar-refractivity contribution in [1.82, 2.24) is 5.32 Å². The minimum absolute atomic E-state index is 0.0114. The van der Waals surface area contributed by atoms with Crippen LogP contribution in [-0.4, -0.2) is 24.4 Å². The second-order valence-electron chi connectivity index (χ2n) is 7.40. The van der Waals surface area contributed by atoms with Crippen LogP contribution in [0, 0.1) is 0 Å². The number of carbonyl (C=O) groups excluding carboxylic acids is 2. The summed E-state index contributed by atoms with van der Waals surface area (Å²) in [5.41, 5.74) is 2.30. The first-order chi connectivity index (χ1) is 13.6. The van der Waals surface area contributed by atoms with Crippen molar-refractivity contribution < 1.29 is 9.59 Å². The van der Waals surface area contributed by atoms with E-state index in [1.807, 2.05) is 12.1 Å². The summed E-state index contributed by atoms with van der Waals surface area (Å²) in [6.07, 6.45) is 5.94. The molecule has 28 heavy (non-hydrogen) atoms. The molecule has 1 saturated carbocycles. The summed E-state index contributed by atoms with van der Waals surface area (Å²) in [5, 5.41) is 6.89. The summed E-state index contributed by atoms with van der Waals surface area (Å²) in [6.45, 7) is 1.02. The lowest BCUT2D eigenvalue weighted by molar-refractivity contribution is -0.118. The standard InChI is InChI=1S/C22H24ClN3O2/c23-15-9-12-20-18(14-15)25-22(28)17-6-3-4-7-19(17)26(20)21(27)8-2-1-5-13-24-16-10-11-16/h3-4,6-7,9,12,14,16,24H,1-2,5,8,10-11,13H2,(H,25,28). The Morgan fingerprint density at radius 2 is 1.93 bits per heavy atom. The van der Waals surface area contributed by atoms with E-state index >= 15 is 0 Å². The van der Waals surface area contributed by atoms with E-state index < -0.39 is 0 Å². The summed E-state index contributed by atoms with van der Waals surface area (Å²) in [4.78, 5) is 27.5. The van der Waals surface area contributed by atoms with Crippen LogP contribution >= 0.6 is 11.6 Å². The molecular formula is C22H24ClN3O2. The molecule has 2 aliphatic rings. The van der Waals surface area contributed by atoms with Crippen LogP contribution in [0.4, 0.5) is 17.1 Å². The summed E-state index contributed by atoms with van der Waals surface area (Å²) in [6, 6.07) is 13.1. The van der Waals surface area contributed by atoms with Gasteiger partial charge in [-0.3, -0.25) is 14.5 Å². The molecule has 2 aromatic carbocycles. The summed E-state index contributed by atoms with van der Waals surface area (Å²) in [7, 11) is 0. The van der Waals surface area contributed by atoms with Gasteiger partial charge in [0.2, 0.25) is 5.91 Å². The number of nitrogens with zero attached hydrogens (tertiary/aromatic N) is 1. The fourth-order valence-corrected chi connectivity index (χ4v) is 3.71. The van der Waals surface area contributed by atoms with Crippen molar-refractivity contribution >= 4 is 40.5 Å². The summed E-state index contributed by atoms with van der Waals surface area (Å²) < 4.78 is 0. The Morgan fingerprint density at radius 3 is 2.75 bits per heavy atom. The molecule has 0 spiro atoms. The molecule has 1 aliphatic carbocycles. The van der Waals surface area contributed by atoms with Crippen molar-refractivity contribution in [2.75, 3.05) is 16.8 Å². The number of hydrogen-bond donors (Lipinski definition) is 2. The molecule has 0 aromatic heterocycles. The minimum atomic E-state index is -0.236. The third-order valence-corrected chi connectivity index (χ3v) is 5.40. The molecule has 146 valence electrons. The van der Waals surface area contributed by atoms with E-state index in [4.69, 9.17) is 11.6 Å². The van der Waals surface area contributed by atoms with Gasteiger partial charge in [-0.2, -0.15) is 0 Å². The first-order valence-electron chi connectivity index (χ1n) is 9.90. The number of benzene rings is 2. The highest BCUT2D eigenvalue weighted by molar-refractivity contribution is 6.31. The molecular weight excluding hydrogens is 374 g/mol. The maximum absolute atomic E-state index is 13.2. The van der Waals surface area contributed by atoms with Crippen molar-refractivity contribution in [3.05, 3.63) is 53.1 Å². The van der Waals surface area contributed by atoms with Crippen molar-refractivity contribution in [3.63, 3.8) is 0 Å². The molecule has 2 aromatic rings. The van der Waals surface area contributed by atoms with Gasteiger partial charge in [0.1, 0.15) is 0 Å². The van der Waals surface area contributed by atoms with E-state index in [2.05, 4.69) is 10.6 Å². The molecule has 1 fully saturated rings. The fourth-order valence-electron chi connectivity index (χ4n) is 3.54. The number of nitrogens with one attached hydrogen (secondary N) is 2. The van der Waals surface area contributed by atoms with Gasteiger partial charge in [-0.15, -0.1) is 0 Å². The Kier molecular flexibility index (Phi) is 5.64. The van der Waals surface area contributed by atoms with Crippen molar-refractivity contribution in [2.24, 2.45) is 0 Å². The second-order valence-corrected chi connectivity index (χ2v) is 7.84. The van der Waals surface area contributed by atoms with E-state index in [0.717, 1.165) is 31.8 Å². The van der Waals surface area contributed by atoms with Gasteiger partial charge < -0.3 is 10.6 Å². The number of amides is 2. The number of carbonyl (C=O) groups is 2. The normalized spacial score (nSPS) is 15.5. The smallest absolute Gasteiger partial charge is 0.257 e. The molecule has 0 unspecified atom stereocenters. The van der Waals surface area contributed by atoms with Gasteiger partial charge in [0, 0.05) is 17.5 Å². The van der Waals surface area contributed by atoms with Crippen LogP contribution in [0.15, 0.2) is 42.5 Å². The molecule has 6 heteroatoms. The number of halogens is 1. The Morgan fingerprint density at radius 1 is 1.11 bits per heavy atom. The number of anilines is 3. The predicted octanol–water partition coefficient (Wildman–Crippen LogP) is 4.88. The molecule has 0 radical (unpaired) electrons. The maximum Gasteiger partial charge on any atom is 0.257 e. The number of unbranched alkanes of at least 4 members (excludes halogenated alkanes) is 2. The number of rotatable bonds is 7. The molecule has 0 saturated heterocycles. The van der Waals surface area contributed by atoms with Crippen LogP contribution in [0.2, 0.25) is 5.02 Å². The summed E-state index contributed by atoms with van der Waals surface area (Å²) >= 11 is 6.11. The third kappa shape index (κ3) is 4.21. The van der Waals surface area contributed by atoms with E-state index in [9.17, 15) is 9.59 Å². The van der Waals surface area contributed by atoms with Crippen LogP contribution in [-0.2, 0) is 4.79 Å². The van der Waals surface area contributed by atoms with Crippen LogP contribution in [0.5, 0.6) is 0 Å². The zero-order valence-corrected chi connectivity index (χ0v) is 16.5. The molecule has 4 rings (SSSR count). The molecule has 5 nitrogen and oxygen atoms in total. The SMILES string of the molecule is O=C1Nc2cc(Cl)ccc2N(C(=O)CCCCCNC2CC2)c2ccccc21. The van der Waals surface area contributed by atoms with Gasteiger partial charge >= 0.3 is 0 Å². The van der Waals surface area contributed by atoms with E-state index in [-0.39, 0.29) is 11.8 Å². The highest BCUT2D eigenvalue weighted by Crippen LogP contribution is 2.39. The van der Waals surface area contributed by atoms with Crippen LogP contribution < -0.4 is 15.5 Å². The second kappa shape index (κ2) is 8.33. The van der Waals surface area contributed by atoms with Crippen LogP contribution in [0.1, 0.15) is 48.9 Å². The Hall–Kier alpha value is -2.37. The number of fused-ring (bicyclic) bond motifs is 2. The number of para-hydroxylation sites is 1. The lowest BCUT2D eigenvalue weighted by Gasteiger charge is -2.24. The monoisotopic (exact) mass is 397 g/mol. The van der Waals surface area contributed by atoms with E-state index in [0.29, 0.717) is 34.1 Å². The highest BCUT2D eigenvalue weighted by atomic mass is 35.5. The van der Waals surface area contributed by atoms with Crippen LogP contribution in [0.25, 0.3) is 0 Å². The Bertz CT molecular complexity index is 895. The Balaban J connectivity index is 1.51. The third-order valence-electron chi connectivity index (χ3n) is 5.16. The van der Waals surface area contributed by atoms with Gasteiger partial charge in [0.25, 0.3) is 5.91 Å². The largest absolute Gasteiger partial charge is 0.320 e. The summed E-state index contributed by atoms with van der Waals surface area (Å²) in [5.74, 6) is -0.247. The van der Waals surface area contributed by atoms with Crippen molar-refractivity contribution in [3.8, 4) is 0 Å². The van der Waals surface area contributed by atoms with Gasteiger partial charge in [0.05, 0.1) is 22.6 Å². The van der Waals surface area contributed by atoms with E-state index in [1.54, 1.807) is 35.2 Å². The average molecular weight is 398 g/mol. The van der Waals surface area contributed by atoms with Gasteiger partial charge in [0.15, 0.2) is 0 Å².